The van der Waals surface area contributed by atoms with Crippen LogP contribution in [0.5, 0.6) is 5.75 Å². The molecule has 0 saturated carbocycles. The fraction of sp³-hybridized carbons (Fsp3) is 0.419. The molecule has 1 aliphatic rings. The zero-order chi connectivity index (χ0) is 29.2. The number of aromatic nitrogens is 4. The van der Waals surface area contributed by atoms with Gasteiger partial charge >= 0.3 is 11.9 Å². The van der Waals surface area contributed by atoms with Gasteiger partial charge in [-0.05, 0) is 73.7 Å². The summed E-state index contributed by atoms with van der Waals surface area (Å²) in [5, 5.41) is 17.8. The van der Waals surface area contributed by atoms with E-state index in [1.54, 1.807) is 7.11 Å². The van der Waals surface area contributed by atoms with Gasteiger partial charge in [-0.3, -0.25) is 0 Å². The predicted octanol–water partition coefficient (Wildman–Crippen LogP) is 6.65. The Morgan fingerprint density at radius 2 is 1.34 bits per heavy atom. The average Bonchev–Trinajstić information content (AvgIpc) is 3.54. The van der Waals surface area contributed by atoms with Crippen molar-refractivity contribution in [2.45, 2.75) is 39.7 Å². The standard InChI is InChI=1S/C29H37N9O.C2H6/c1-34-19-20-35(2)28(34)32-30-24-5-9-26(10-6-24)37-16-13-23(14-17-37)15-18-38-22-21-36(3)29(38)33-31-25-7-11-27(39-4)12-8-25;1-2/h5-12,19-23H,13-18H2,1-4H3;1-2H3/q+2;. The van der Waals surface area contributed by atoms with E-state index in [-0.39, 0.29) is 0 Å². The lowest BCUT2D eigenvalue weighted by atomic mass is 9.93. The van der Waals surface area contributed by atoms with Crippen molar-refractivity contribution in [1.82, 2.24) is 9.13 Å². The van der Waals surface area contributed by atoms with Gasteiger partial charge in [0.15, 0.2) is 0 Å². The van der Waals surface area contributed by atoms with Gasteiger partial charge in [0.05, 0.1) is 59.6 Å². The lowest BCUT2D eigenvalue weighted by molar-refractivity contribution is -0.657. The summed E-state index contributed by atoms with van der Waals surface area (Å²) in [6.07, 6.45) is 11.6. The monoisotopic (exact) mass is 557 g/mol. The number of methoxy groups -OCH3 is 1. The number of aryl methyl sites for hydroxylation is 4. The minimum Gasteiger partial charge on any atom is -0.497 e. The first-order valence-electron chi connectivity index (χ1n) is 14.4. The van der Waals surface area contributed by atoms with E-state index < -0.39 is 0 Å². The van der Waals surface area contributed by atoms with Crippen molar-refractivity contribution in [3.05, 3.63) is 73.3 Å². The lowest BCUT2D eigenvalue weighted by Gasteiger charge is -2.33. The number of imidazole rings is 2. The van der Waals surface area contributed by atoms with Gasteiger partial charge in [0.2, 0.25) is 0 Å². The maximum Gasteiger partial charge on any atom is 0.421 e. The van der Waals surface area contributed by atoms with E-state index in [1.165, 1.54) is 18.5 Å². The summed E-state index contributed by atoms with van der Waals surface area (Å²) in [4.78, 5) is 2.47. The molecule has 41 heavy (non-hydrogen) atoms. The number of piperidine rings is 1. The molecule has 4 aromatic rings. The van der Waals surface area contributed by atoms with E-state index in [0.29, 0.717) is 5.92 Å². The van der Waals surface area contributed by atoms with Crippen molar-refractivity contribution in [1.29, 1.82) is 0 Å². The lowest BCUT2D eigenvalue weighted by Crippen LogP contribution is -2.34. The molecule has 2 aromatic heterocycles. The number of anilines is 1. The Labute approximate surface area is 243 Å². The normalized spacial score (nSPS) is 14.0. The van der Waals surface area contributed by atoms with Gasteiger partial charge in [-0.15, -0.1) is 0 Å². The highest BCUT2D eigenvalue weighted by Crippen LogP contribution is 2.28. The van der Waals surface area contributed by atoms with Crippen LogP contribution in [-0.2, 0) is 27.7 Å². The van der Waals surface area contributed by atoms with Gasteiger partial charge in [-0.1, -0.05) is 24.1 Å². The smallest absolute Gasteiger partial charge is 0.421 e. The van der Waals surface area contributed by atoms with Crippen LogP contribution in [0.4, 0.5) is 29.0 Å². The minimum absolute atomic E-state index is 0.694. The van der Waals surface area contributed by atoms with Gasteiger partial charge in [0.1, 0.15) is 17.1 Å². The molecule has 0 amide bonds. The molecular formula is C31H43N9O+2. The largest absolute Gasteiger partial charge is 0.497 e. The molecule has 0 aliphatic carbocycles. The second-order valence-corrected chi connectivity index (χ2v) is 10.1. The second kappa shape index (κ2) is 14.3. The van der Waals surface area contributed by atoms with E-state index in [1.807, 2.05) is 104 Å². The van der Waals surface area contributed by atoms with Crippen molar-refractivity contribution in [2.24, 2.45) is 47.5 Å². The summed E-state index contributed by atoms with van der Waals surface area (Å²) in [5.74, 6) is 3.16. The van der Waals surface area contributed by atoms with E-state index >= 15 is 0 Å². The van der Waals surface area contributed by atoms with Crippen molar-refractivity contribution in [3.63, 3.8) is 0 Å². The summed E-state index contributed by atoms with van der Waals surface area (Å²) in [5.41, 5.74) is 2.90. The molecule has 0 radical (unpaired) electrons. The number of rotatable bonds is 9. The van der Waals surface area contributed by atoms with Crippen LogP contribution in [0.25, 0.3) is 0 Å². The Bertz CT molecular complexity index is 1410. The molecule has 0 unspecified atom stereocenters. The van der Waals surface area contributed by atoms with Crippen molar-refractivity contribution < 1.29 is 13.9 Å². The fourth-order valence-corrected chi connectivity index (χ4v) is 4.93. The Morgan fingerprint density at radius 3 is 1.93 bits per heavy atom. The van der Waals surface area contributed by atoms with Crippen LogP contribution < -0.4 is 18.8 Å². The van der Waals surface area contributed by atoms with Crippen LogP contribution in [0.1, 0.15) is 33.1 Å². The fourth-order valence-electron chi connectivity index (χ4n) is 4.93. The van der Waals surface area contributed by atoms with Gasteiger partial charge < -0.3 is 9.64 Å². The van der Waals surface area contributed by atoms with E-state index in [9.17, 15) is 0 Å². The molecule has 216 valence electrons. The Kier molecular flexibility index (Phi) is 10.4. The third-order valence-corrected chi connectivity index (χ3v) is 7.38. The average molecular weight is 558 g/mol. The Balaban J connectivity index is 0.00000189. The number of nitrogens with zero attached hydrogens (tertiary/aromatic N) is 9. The highest BCUT2D eigenvalue weighted by atomic mass is 16.5. The zero-order valence-electron chi connectivity index (χ0n) is 25.2. The minimum atomic E-state index is 0.694. The molecular weight excluding hydrogens is 514 g/mol. The summed E-state index contributed by atoms with van der Waals surface area (Å²) >= 11 is 0. The van der Waals surface area contributed by atoms with Crippen molar-refractivity contribution >= 4 is 29.0 Å². The number of hydrogen-bond donors (Lipinski definition) is 0. The number of benzene rings is 2. The third kappa shape index (κ3) is 7.65. The summed E-state index contributed by atoms with van der Waals surface area (Å²) in [6.45, 7) is 7.06. The molecule has 0 bridgehead atoms. The van der Waals surface area contributed by atoms with Gasteiger partial charge in [-0.25, -0.2) is 18.3 Å². The van der Waals surface area contributed by atoms with Crippen LogP contribution in [0.15, 0.2) is 93.8 Å². The molecule has 0 spiro atoms. The Morgan fingerprint density at radius 1 is 0.780 bits per heavy atom. The molecule has 1 saturated heterocycles. The SMILES string of the molecule is CC.COc1ccc(N=Nc2n(CCC3CCN(c4ccc(N=Nc5n(C)cc[n+]5C)cc4)CC3)cc[n+]2C)cc1. The van der Waals surface area contributed by atoms with Gasteiger partial charge in [-0.2, -0.15) is 0 Å². The molecule has 3 heterocycles. The number of ether oxygens (including phenoxy) is 1. The first-order chi connectivity index (χ1) is 20.0. The van der Waals surface area contributed by atoms with Gasteiger partial charge in [0, 0.05) is 29.0 Å². The summed E-state index contributed by atoms with van der Waals surface area (Å²) in [6, 6.07) is 16.0. The summed E-state index contributed by atoms with van der Waals surface area (Å²) < 4.78 is 13.3. The van der Waals surface area contributed by atoms with Crippen LogP contribution in [0.3, 0.4) is 0 Å². The van der Waals surface area contributed by atoms with Crippen molar-refractivity contribution in [2.75, 3.05) is 25.1 Å². The van der Waals surface area contributed by atoms with Crippen LogP contribution in [0, 0.1) is 5.92 Å². The highest BCUT2D eigenvalue weighted by molar-refractivity contribution is 5.53. The molecule has 1 fully saturated rings. The maximum atomic E-state index is 5.22. The van der Waals surface area contributed by atoms with Crippen LogP contribution >= 0.6 is 0 Å². The highest BCUT2D eigenvalue weighted by Gasteiger charge is 2.22. The summed E-state index contributed by atoms with van der Waals surface area (Å²) in [7, 11) is 7.60. The van der Waals surface area contributed by atoms with E-state index in [0.717, 1.165) is 55.1 Å². The predicted molar refractivity (Wildman–Crippen MR) is 161 cm³/mol. The van der Waals surface area contributed by atoms with E-state index in [2.05, 4.69) is 48.3 Å². The maximum absolute atomic E-state index is 5.22. The topological polar surface area (TPSA) is 79.5 Å². The third-order valence-electron chi connectivity index (χ3n) is 7.38. The zero-order valence-corrected chi connectivity index (χ0v) is 25.2. The number of azo groups is 2. The second-order valence-electron chi connectivity index (χ2n) is 10.1. The molecule has 0 atom stereocenters. The first-order valence-corrected chi connectivity index (χ1v) is 14.4. The molecule has 10 nitrogen and oxygen atoms in total. The molecule has 5 rings (SSSR count). The molecule has 2 aromatic carbocycles. The first kappa shape index (κ1) is 29.6. The van der Waals surface area contributed by atoms with Crippen molar-refractivity contribution in [3.8, 4) is 5.75 Å². The van der Waals surface area contributed by atoms with Gasteiger partial charge in [0.25, 0.3) is 0 Å². The Hall–Kier alpha value is -4.34. The quantitative estimate of drug-likeness (QED) is 0.171. The molecule has 0 N–H and O–H groups in total. The number of hydrogen-bond acceptors (Lipinski definition) is 6. The van der Waals surface area contributed by atoms with Crippen LogP contribution in [-0.4, -0.2) is 29.3 Å². The molecule has 10 heteroatoms. The van der Waals surface area contributed by atoms with E-state index in [4.69, 9.17) is 4.74 Å². The molecule has 1 aliphatic heterocycles. The van der Waals surface area contributed by atoms with Crippen LogP contribution in [0.2, 0.25) is 0 Å².